The molecule has 1 heterocycles. The molecule has 2 aromatic carbocycles. The monoisotopic (exact) mass is 388 g/mol. The van der Waals surface area contributed by atoms with Gasteiger partial charge in [-0.15, -0.1) is 0 Å². The molecule has 0 aliphatic heterocycles. The molecule has 1 N–H and O–H groups in total. The highest BCUT2D eigenvalue weighted by Crippen LogP contribution is 2.35. The minimum Gasteiger partial charge on any atom is -0.494 e. The van der Waals surface area contributed by atoms with Crippen LogP contribution in [0, 0.1) is 0 Å². The topological polar surface area (TPSA) is 54.6 Å². The Kier molecular flexibility index (Phi) is 5.27. The van der Waals surface area contributed by atoms with Crippen molar-refractivity contribution in [3.63, 3.8) is 0 Å². The molecule has 1 unspecified atom stereocenters. The highest BCUT2D eigenvalue weighted by molar-refractivity contribution is 6.01. The van der Waals surface area contributed by atoms with Gasteiger partial charge < -0.3 is 5.11 Å². The largest absolute Gasteiger partial charge is 0.494 e. The number of rotatable bonds is 4. The fourth-order valence-electron chi connectivity index (χ4n) is 2.93. The first-order valence-electron chi connectivity index (χ1n) is 8.82. The number of hydrogen-bond acceptors (Lipinski definition) is 3. The third kappa shape index (κ3) is 3.52. The second-order valence-corrected chi connectivity index (χ2v) is 6.47. The molecule has 0 saturated heterocycles. The molecule has 0 fully saturated rings. The summed E-state index contributed by atoms with van der Waals surface area (Å²) in [6.07, 6.45) is -2.51. The van der Waals surface area contributed by atoms with Gasteiger partial charge in [-0.3, -0.25) is 9.79 Å². The van der Waals surface area contributed by atoms with Crippen molar-refractivity contribution in [2.75, 3.05) is 0 Å². The van der Waals surface area contributed by atoms with E-state index in [1.54, 1.807) is 18.2 Å². The van der Waals surface area contributed by atoms with Gasteiger partial charge in [-0.2, -0.15) is 13.2 Å². The summed E-state index contributed by atoms with van der Waals surface area (Å²) in [5.41, 5.74) is -1.97. The van der Waals surface area contributed by atoms with Crippen LogP contribution < -0.4 is 5.56 Å². The summed E-state index contributed by atoms with van der Waals surface area (Å²) in [7, 11) is 0. The maximum Gasteiger partial charge on any atom is 0.418 e. The van der Waals surface area contributed by atoms with E-state index in [0.717, 1.165) is 18.6 Å². The summed E-state index contributed by atoms with van der Waals surface area (Å²) in [5, 5.41) is 11.4. The van der Waals surface area contributed by atoms with E-state index < -0.39 is 28.9 Å². The number of aromatic hydroxyl groups is 1. The molecule has 4 nitrogen and oxygen atoms in total. The lowest BCUT2D eigenvalue weighted by Crippen LogP contribution is -2.23. The number of nitrogens with zero attached hydrogens (tertiary/aromatic N) is 2. The number of alkyl halides is 3. The van der Waals surface area contributed by atoms with Crippen LogP contribution in [-0.4, -0.2) is 21.9 Å². The van der Waals surface area contributed by atoms with Gasteiger partial charge in [0.15, 0.2) is 0 Å². The van der Waals surface area contributed by atoms with Gasteiger partial charge in [-0.25, -0.2) is 4.57 Å². The van der Waals surface area contributed by atoms with Gasteiger partial charge in [0.25, 0.3) is 5.56 Å². The molecule has 28 heavy (non-hydrogen) atoms. The Bertz CT molecular complexity index is 1100. The van der Waals surface area contributed by atoms with E-state index in [-0.39, 0.29) is 17.0 Å². The number of benzene rings is 2. The molecule has 146 valence electrons. The standard InChI is InChI=1S/C21H19F3N2O2/c1-3-13(2)25-12-16-14-8-4-5-9-15(14)19(27)26(20(16)28)18-11-7-6-10-17(18)21(22,23)24/h4-13,28H,3H2,1-2H3. The Morgan fingerprint density at radius 2 is 1.71 bits per heavy atom. The van der Waals surface area contributed by atoms with Gasteiger partial charge in [-0.05, 0) is 31.5 Å². The van der Waals surface area contributed by atoms with Crippen LogP contribution in [0.15, 0.2) is 58.3 Å². The Balaban J connectivity index is 2.41. The van der Waals surface area contributed by atoms with Gasteiger partial charge in [-0.1, -0.05) is 37.3 Å². The molecular weight excluding hydrogens is 369 g/mol. The van der Waals surface area contributed by atoms with Gasteiger partial charge in [0.05, 0.1) is 16.8 Å². The van der Waals surface area contributed by atoms with Crippen molar-refractivity contribution >= 4 is 17.0 Å². The van der Waals surface area contributed by atoms with Crippen molar-refractivity contribution in [1.29, 1.82) is 0 Å². The van der Waals surface area contributed by atoms with Crippen molar-refractivity contribution in [1.82, 2.24) is 4.57 Å². The number of para-hydroxylation sites is 1. The van der Waals surface area contributed by atoms with Gasteiger partial charge >= 0.3 is 6.18 Å². The first-order valence-corrected chi connectivity index (χ1v) is 8.82. The first-order chi connectivity index (χ1) is 13.3. The summed E-state index contributed by atoms with van der Waals surface area (Å²) in [5.74, 6) is -0.576. The van der Waals surface area contributed by atoms with Crippen molar-refractivity contribution in [3.05, 3.63) is 70.0 Å². The van der Waals surface area contributed by atoms with Gasteiger partial charge in [0, 0.05) is 23.0 Å². The zero-order valence-corrected chi connectivity index (χ0v) is 15.4. The molecule has 1 atom stereocenters. The zero-order chi connectivity index (χ0) is 20.5. The number of aliphatic imine (C=N–C) groups is 1. The lowest BCUT2D eigenvalue weighted by molar-refractivity contribution is -0.137. The number of halogens is 3. The van der Waals surface area contributed by atoms with Crippen LogP contribution in [0.4, 0.5) is 13.2 Å². The molecule has 0 amide bonds. The molecule has 3 rings (SSSR count). The van der Waals surface area contributed by atoms with E-state index in [0.29, 0.717) is 9.95 Å². The Morgan fingerprint density at radius 1 is 1.11 bits per heavy atom. The summed E-state index contributed by atoms with van der Waals surface area (Å²) in [4.78, 5) is 17.3. The maximum absolute atomic E-state index is 13.5. The SMILES string of the molecule is CCC(C)N=Cc1c(O)n(-c2ccccc2C(F)(F)F)c(=O)c2ccccc12. The Morgan fingerprint density at radius 3 is 2.36 bits per heavy atom. The second-order valence-electron chi connectivity index (χ2n) is 6.47. The lowest BCUT2D eigenvalue weighted by Gasteiger charge is -2.18. The Hall–Kier alpha value is -3.09. The van der Waals surface area contributed by atoms with E-state index in [9.17, 15) is 23.1 Å². The molecule has 0 aliphatic carbocycles. The molecule has 1 aromatic heterocycles. The van der Waals surface area contributed by atoms with E-state index >= 15 is 0 Å². The van der Waals surface area contributed by atoms with Crippen molar-refractivity contribution in [3.8, 4) is 11.6 Å². The molecular formula is C21H19F3N2O2. The average Bonchev–Trinajstić information content (AvgIpc) is 2.67. The van der Waals surface area contributed by atoms with E-state index in [1.165, 1.54) is 24.4 Å². The first kappa shape index (κ1) is 19.7. The van der Waals surface area contributed by atoms with Crippen molar-refractivity contribution < 1.29 is 18.3 Å². The summed E-state index contributed by atoms with van der Waals surface area (Å²) >= 11 is 0. The van der Waals surface area contributed by atoms with Crippen LogP contribution in [-0.2, 0) is 6.18 Å². The van der Waals surface area contributed by atoms with Crippen molar-refractivity contribution in [2.24, 2.45) is 4.99 Å². The minimum absolute atomic E-state index is 0.0407. The molecule has 3 aromatic rings. The number of fused-ring (bicyclic) bond motifs is 1. The predicted molar refractivity (Wildman–Crippen MR) is 104 cm³/mol. The molecule has 7 heteroatoms. The zero-order valence-electron chi connectivity index (χ0n) is 15.4. The summed E-state index contributed by atoms with van der Waals surface area (Å²) in [6, 6.07) is 11.1. The average molecular weight is 388 g/mol. The Labute approximate surface area is 159 Å². The van der Waals surface area contributed by atoms with Crippen LogP contribution >= 0.6 is 0 Å². The quantitative estimate of drug-likeness (QED) is 0.644. The van der Waals surface area contributed by atoms with E-state index in [1.807, 2.05) is 13.8 Å². The highest BCUT2D eigenvalue weighted by atomic mass is 19.4. The third-order valence-electron chi connectivity index (χ3n) is 4.60. The predicted octanol–water partition coefficient (Wildman–Crippen LogP) is 4.93. The van der Waals surface area contributed by atoms with E-state index in [4.69, 9.17) is 0 Å². The van der Waals surface area contributed by atoms with Crippen LogP contribution in [0.1, 0.15) is 31.4 Å². The van der Waals surface area contributed by atoms with Crippen LogP contribution in [0.2, 0.25) is 0 Å². The third-order valence-corrected chi connectivity index (χ3v) is 4.60. The van der Waals surface area contributed by atoms with Crippen LogP contribution in [0.3, 0.4) is 0 Å². The summed E-state index contributed by atoms with van der Waals surface area (Å²) < 4.78 is 41.2. The highest BCUT2D eigenvalue weighted by Gasteiger charge is 2.34. The molecule has 0 radical (unpaired) electrons. The number of aromatic nitrogens is 1. The smallest absolute Gasteiger partial charge is 0.418 e. The minimum atomic E-state index is -4.68. The van der Waals surface area contributed by atoms with Gasteiger partial charge in [0.2, 0.25) is 5.88 Å². The molecule has 0 saturated carbocycles. The lowest BCUT2D eigenvalue weighted by atomic mass is 10.1. The van der Waals surface area contributed by atoms with E-state index in [2.05, 4.69) is 4.99 Å². The summed E-state index contributed by atoms with van der Waals surface area (Å²) in [6.45, 7) is 3.82. The number of hydrogen-bond donors (Lipinski definition) is 1. The maximum atomic E-state index is 13.5. The van der Waals surface area contributed by atoms with Crippen LogP contribution in [0.5, 0.6) is 5.88 Å². The number of pyridine rings is 1. The molecule has 0 aliphatic rings. The molecule has 0 bridgehead atoms. The molecule has 0 spiro atoms. The second kappa shape index (κ2) is 7.50. The van der Waals surface area contributed by atoms with Crippen molar-refractivity contribution in [2.45, 2.75) is 32.5 Å². The van der Waals surface area contributed by atoms with Gasteiger partial charge in [0.1, 0.15) is 0 Å². The fraction of sp³-hybridized carbons (Fsp3) is 0.238. The fourth-order valence-corrected chi connectivity index (χ4v) is 2.93. The van der Waals surface area contributed by atoms with Crippen LogP contribution in [0.25, 0.3) is 16.5 Å². The normalized spacial score (nSPS) is 13.3.